The number of hydrogen-bond acceptors (Lipinski definition) is 5. The molecule has 3 rings (SSSR count). The van der Waals surface area contributed by atoms with Crippen molar-refractivity contribution in [3.63, 3.8) is 0 Å². The Kier molecular flexibility index (Phi) is 2.80. The van der Waals surface area contributed by atoms with Gasteiger partial charge in [0.25, 0.3) is 0 Å². The van der Waals surface area contributed by atoms with Crippen LogP contribution in [0.1, 0.15) is 4.88 Å². The Hall–Kier alpha value is -1.85. The van der Waals surface area contributed by atoms with E-state index in [9.17, 15) is 0 Å². The van der Waals surface area contributed by atoms with E-state index in [1.165, 1.54) is 6.33 Å². The number of nitrogens with two attached hydrogens (primary N) is 2. The lowest BCUT2D eigenvalue weighted by molar-refractivity contribution is 1.24. The maximum atomic E-state index is 6.09. The van der Waals surface area contributed by atoms with Crippen LogP contribution in [0.5, 0.6) is 0 Å². The second-order valence-corrected chi connectivity index (χ2v) is 5.82. The average Bonchev–Trinajstić information content (AvgIpc) is 2.70. The molecule has 0 bridgehead atoms. The highest BCUT2D eigenvalue weighted by atomic mass is 35.5. The molecule has 96 valence electrons. The molecule has 2 aromatic heterocycles. The molecule has 0 unspecified atom stereocenters. The van der Waals surface area contributed by atoms with Gasteiger partial charge in [-0.25, -0.2) is 9.97 Å². The van der Waals surface area contributed by atoms with Crippen molar-refractivity contribution >= 4 is 44.7 Å². The number of thiophene rings is 1. The van der Waals surface area contributed by atoms with Crippen molar-refractivity contribution < 1.29 is 0 Å². The van der Waals surface area contributed by atoms with Crippen LogP contribution in [-0.2, 0) is 0 Å². The summed E-state index contributed by atoms with van der Waals surface area (Å²) < 4.78 is 0. The fraction of sp³-hybridized carbons (Fsp3) is 0.0769. The number of aryl methyl sites for hydroxylation is 1. The van der Waals surface area contributed by atoms with Crippen molar-refractivity contribution in [2.24, 2.45) is 0 Å². The number of fused-ring (bicyclic) bond motifs is 1. The summed E-state index contributed by atoms with van der Waals surface area (Å²) in [6, 6.07) is 5.57. The summed E-state index contributed by atoms with van der Waals surface area (Å²) in [5.74, 6) is 0.484. The Labute approximate surface area is 119 Å². The quantitative estimate of drug-likeness (QED) is 0.673. The molecule has 0 aliphatic carbocycles. The number of rotatable bonds is 1. The van der Waals surface area contributed by atoms with Gasteiger partial charge in [-0.2, -0.15) is 0 Å². The van der Waals surface area contributed by atoms with E-state index in [0.29, 0.717) is 16.5 Å². The lowest BCUT2D eigenvalue weighted by Gasteiger charge is -2.05. The lowest BCUT2D eigenvalue weighted by Crippen LogP contribution is -1.93. The third-order valence-electron chi connectivity index (χ3n) is 2.98. The van der Waals surface area contributed by atoms with Gasteiger partial charge in [0, 0.05) is 10.4 Å². The van der Waals surface area contributed by atoms with Crippen molar-refractivity contribution in [2.75, 3.05) is 11.5 Å². The van der Waals surface area contributed by atoms with Crippen molar-refractivity contribution in [3.8, 4) is 11.1 Å². The lowest BCUT2D eigenvalue weighted by atomic mass is 10.0. The Morgan fingerprint density at radius 3 is 2.74 bits per heavy atom. The van der Waals surface area contributed by atoms with Gasteiger partial charge in [0.15, 0.2) is 0 Å². The molecule has 19 heavy (non-hydrogen) atoms. The van der Waals surface area contributed by atoms with Gasteiger partial charge < -0.3 is 11.5 Å². The van der Waals surface area contributed by atoms with Crippen LogP contribution in [0.4, 0.5) is 11.5 Å². The van der Waals surface area contributed by atoms with E-state index in [0.717, 1.165) is 26.2 Å². The van der Waals surface area contributed by atoms with Gasteiger partial charge in [0.05, 0.1) is 16.1 Å². The molecule has 3 aromatic rings. The first-order valence-electron chi connectivity index (χ1n) is 5.63. The maximum Gasteiger partial charge on any atom is 0.136 e. The fourth-order valence-corrected chi connectivity index (χ4v) is 3.30. The Bertz CT molecular complexity index is 782. The molecule has 2 heterocycles. The van der Waals surface area contributed by atoms with Crippen molar-refractivity contribution in [1.29, 1.82) is 0 Å². The van der Waals surface area contributed by atoms with E-state index in [2.05, 4.69) is 9.97 Å². The fourth-order valence-electron chi connectivity index (χ4n) is 2.10. The second kappa shape index (κ2) is 4.36. The minimum Gasteiger partial charge on any atom is -0.398 e. The summed E-state index contributed by atoms with van der Waals surface area (Å²) in [7, 11) is 0. The van der Waals surface area contributed by atoms with Gasteiger partial charge in [-0.15, -0.1) is 11.3 Å². The molecule has 0 saturated heterocycles. The Morgan fingerprint density at radius 1 is 1.21 bits per heavy atom. The van der Waals surface area contributed by atoms with E-state index >= 15 is 0 Å². The SMILES string of the molecule is Cc1sc2ncnc(N)c2c1-c1ccc(N)c(Cl)c1. The van der Waals surface area contributed by atoms with Gasteiger partial charge in [0.1, 0.15) is 17.0 Å². The summed E-state index contributed by atoms with van der Waals surface area (Å²) in [6.45, 7) is 2.03. The van der Waals surface area contributed by atoms with E-state index < -0.39 is 0 Å². The van der Waals surface area contributed by atoms with Crippen LogP contribution in [-0.4, -0.2) is 9.97 Å². The van der Waals surface area contributed by atoms with Crippen LogP contribution in [0, 0.1) is 6.92 Å². The number of nitrogen functional groups attached to an aromatic ring is 2. The number of hydrogen-bond donors (Lipinski definition) is 2. The molecule has 0 saturated carbocycles. The third-order valence-corrected chi connectivity index (χ3v) is 4.32. The first-order valence-corrected chi connectivity index (χ1v) is 6.82. The summed E-state index contributed by atoms with van der Waals surface area (Å²) in [5.41, 5.74) is 14.3. The smallest absolute Gasteiger partial charge is 0.136 e. The number of anilines is 2. The molecule has 4 nitrogen and oxygen atoms in total. The molecule has 0 aliphatic heterocycles. The predicted octanol–water partition coefficient (Wildman–Crippen LogP) is 3.48. The summed E-state index contributed by atoms with van der Waals surface area (Å²) in [5, 5.41) is 1.41. The van der Waals surface area contributed by atoms with Gasteiger partial charge in [-0.05, 0) is 24.6 Å². The molecule has 4 N–H and O–H groups in total. The zero-order valence-corrected chi connectivity index (χ0v) is 11.7. The van der Waals surface area contributed by atoms with Crippen LogP contribution in [0.2, 0.25) is 5.02 Å². The van der Waals surface area contributed by atoms with Crippen LogP contribution >= 0.6 is 22.9 Å². The highest BCUT2D eigenvalue weighted by molar-refractivity contribution is 7.19. The molecule has 0 amide bonds. The average molecular weight is 291 g/mol. The van der Waals surface area contributed by atoms with Crippen LogP contribution in [0.15, 0.2) is 24.5 Å². The topological polar surface area (TPSA) is 77.8 Å². The number of benzene rings is 1. The highest BCUT2D eigenvalue weighted by Gasteiger charge is 2.15. The van der Waals surface area contributed by atoms with E-state index in [4.69, 9.17) is 23.1 Å². The van der Waals surface area contributed by atoms with Gasteiger partial charge in [-0.1, -0.05) is 17.7 Å². The summed E-state index contributed by atoms with van der Waals surface area (Å²) >= 11 is 7.68. The third kappa shape index (κ3) is 1.91. The van der Waals surface area contributed by atoms with Gasteiger partial charge >= 0.3 is 0 Å². The standard InChI is InChI=1S/C13H11ClN4S/c1-6-10(7-2-3-9(15)8(14)4-7)11-12(16)17-5-18-13(11)19-6/h2-5H,15H2,1H3,(H2,16,17,18). The van der Waals surface area contributed by atoms with Gasteiger partial charge in [-0.3, -0.25) is 0 Å². The molecule has 6 heteroatoms. The zero-order chi connectivity index (χ0) is 13.6. The number of nitrogens with zero attached hydrogens (tertiary/aromatic N) is 2. The highest BCUT2D eigenvalue weighted by Crippen LogP contribution is 2.40. The van der Waals surface area contributed by atoms with E-state index in [-0.39, 0.29) is 0 Å². The number of halogens is 1. The van der Waals surface area contributed by atoms with Crippen LogP contribution in [0.3, 0.4) is 0 Å². The summed E-state index contributed by atoms with van der Waals surface area (Å²) in [6.07, 6.45) is 1.48. The molecule has 0 radical (unpaired) electrons. The summed E-state index contributed by atoms with van der Waals surface area (Å²) in [4.78, 5) is 10.3. The van der Waals surface area contributed by atoms with Crippen molar-refractivity contribution in [3.05, 3.63) is 34.4 Å². The minimum atomic E-state index is 0.484. The maximum absolute atomic E-state index is 6.09. The van der Waals surface area contributed by atoms with Crippen molar-refractivity contribution in [2.45, 2.75) is 6.92 Å². The predicted molar refractivity (Wildman–Crippen MR) is 81.4 cm³/mol. The first kappa shape index (κ1) is 12.2. The number of aromatic nitrogens is 2. The Morgan fingerprint density at radius 2 is 2.00 bits per heavy atom. The molecule has 0 atom stereocenters. The first-order chi connectivity index (χ1) is 9.08. The van der Waals surface area contributed by atoms with Crippen LogP contribution in [0.25, 0.3) is 21.3 Å². The van der Waals surface area contributed by atoms with E-state index in [1.54, 1.807) is 17.4 Å². The molecular weight excluding hydrogens is 280 g/mol. The molecule has 1 aromatic carbocycles. The molecule has 0 aliphatic rings. The molecular formula is C13H11ClN4S. The van der Waals surface area contributed by atoms with E-state index in [1.807, 2.05) is 19.1 Å². The monoisotopic (exact) mass is 290 g/mol. The van der Waals surface area contributed by atoms with Crippen LogP contribution < -0.4 is 11.5 Å². The largest absolute Gasteiger partial charge is 0.398 e. The van der Waals surface area contributed by atoms with Crippen molar-refractivity contribution in [1.82, 2.24) is 9.97 Å². The van der Waals surface area contributed by atoms with Gasteiger partial charge in [0.2, 0.25) is 0 Å². The normalized spacial score (nSPS) is 11.1. The zero-order valence-electron chi connectivity index (χ0n) is 10.1. The molecule has 0 spiro atoms. The Balaban J connectivity index is 2.35. The minimum absolute atomic E-state index is 0.484. The second-order valence-electron chi connectivity index (χ2n) is 4.21. The molecule has 0 fully saturated rings.